The number of rotatable bonds is 0. The SMILES string of the molecule is c1cc2c3c(cccc3c1)SCS2. The number of hydrogen-bond acceptors (Lipinski definition) is 2. The molecule has 0 amide bonds. The summed E-state index contributed by atoms with van der Waals surface area (Å²) in [4.78, 5) is 2.87. The fraction of sp³-hybridized carbons (Fsp3) is 0.0909. The van der Waals surface area contributed by atoms with Crippen molar-refractivity contribution in [3.63, 3.8) is 0 Å². The molecule has 1 aliphatic heterocycles. The third kappa shape index (κ3) is 1.17. The molecule has 0 saturated carbocycles. The van der Waals surface area contributed by atoms with Gasteiger partial charge in [0.25, 0.3) is 0 Å². The lowest BCUT2D eigenvalue weighted by Crippen LogP contribution is -1.87. The largest absolute Gasteiger partial charge is 0.114 e. The van der Waals surface area contributed by atoms with E-state index in [-0.39, 0.29) is 0 Å². The van der Waals surface area contributed by atoms with E-state index < -0.39 is 0 Å². The molecule has 0 nitrogen and oxygen atoms in total. The van der Waals surface area contributed by atoms with Gasteiger partial charge in [-0.1, -0.05) is 24.3 Å². The normalized spacial score (nSPS) is 14.8. The van der Waals surface area contributed by atoms with Crippen molar-refractivity contribution in [1.82, 2.24) is 0 Å². The van der Waals surface area contributed by atoms with Crippen LogP contribution in [0, 0.1) is 0 Å². The summed E-state index contributed by atoms with van der Waals surface area (Å²) in [6.07, 6.45) is 0. The minimum Gasteiger partial charge on any atom is -0.114 e. The molecule has 1 aliphatic rings. The summed E-state index contributed by atoms with van der Waals surface area (Å²) in [7, 11) is 0. The Kier molecular flexibility index (Phi) is 1.77. The van der Waals surface area contributed by atoms with Gasteiger partial charge in [-0.3, -0.25) is 0 Å². The second kappa shape index (κ2) is 2.96. The molecule has 0 unspecified atom stereocenters. The van der Waals surface area contributed by atoms with Crippen molar-refractivity contribution >= 4 is 34.3 Å². The zero-order valence-electron chi connectivity index (χ0n) is 6.99. The first-order chi connectivity index (χ1) is 6.45. The highest BCUT2D eigenvalue weighted by Gasteiger charge is 2.11. The fourth-order valence-electron chi connectivity index (χ4n) is 1.67. The lowest BCUT2D eigenvalue weighted by Gasteiger charge is -2.15. The van der Waals surface area contributed by atoms with Crippen LogP contribution in [0.5, 0.6) is 0 Å². The minimum absolute atomic E-state index is 1.15. The number of benzene rings is 2. The van der Waals surface area contributed by atoms with Crippen LogP contribution in [0.25, 0.3) is 10.8 Å². The molecule has 0 spiro atoms. The van der Waals surface area contributed by atoms with Crippen LogP contribution in [0.2, 0.25) is 0 Å². The lowest BCUT2D eigenvalue weighted by atomic mass is 10.1. The molecule has 3 rings (SSSR count). The van der Waals surface area contributed by atoms with E-state index in [1.807, 2.05) is 23.5 Å². The van der Waals surface area contributed by atoms with Gasteiger partial charge in [0.1, 0.15) is 0 Å². The third-order valence-electron chi connectivity index (χ3n) is 2.26. The van der Waals surface area contributed by atoms with Gasteiger partial charge in [0.2, 0.25) is 0 Å². The summed E-state index contributed by atoms with van der Waals surface area (Å²) in [6.45, 7) is 0. The van der Waals surface area contributed by atoms with E-state index in [0.717, 1.165) is 5.08 Å². The highest BCUT2D eigenvalue weighted by molar-refractivity contribution is 8.16. The Morgan fingerprint density at radius 2 is 1.46 bits per heavy atom. The van der Waals surface area contributed by atoms with Crippen LogP contribution in [0.1, 0.15) is 0 Å². The standard InChI is InChI=1S/C11H8S2/c1-3-8-4-2-6-10-11(8)9(5-1)12-7-13-10/h1-6H,7H2. The van der Waals surface area contributed by atoms with Crippen molar-refractivity contribution < 1.29 is 0 Å². The highest BCUT2D eigenvalue weighted by Crippen LogP contribution is 2.42. The third-order valence-corrected chi connectivity index (χ3v) is 4.50. The molecule has 64 valence electrons. The van der Waals surface area contributed by atoms with Crippen molar-refractivity contribution in [3.05, 3.63) is 36.4 Å². The monoisotopic (exact) mass is 204 g/mol. The van der Waals surface area contributed by atoms with Crippen LogP contribution in [-0.4, -0.2) is 5.08 Å². The van der Waals surface area contributed by atoms with Crippen LogP contribution in [0.3, 0.4) is 0 Å². The van der Waals surface area contributed by atoms with Crippen LogP contribution >= 0.6 is 23.5 Å². The summed E-state index contributed by atoms with van der Waals surface area (Å²) >= 11 is 3.89. The number of thioether (sulfide) groups is 2. The topological polar surface area (TPSA) is 0 Å². The average Bonchev–Trinajstić information content (AvgIpc) is 2.19. The van der Waals surface area contributed by atoms with Gasteiger partial charge >= 0.3 is 0 Å². The maximum absolute atomic E-state index is 2.22. The van der Waals surface area contributed by atoms with Crippen molar-refractivity contribution in [2.75, 3.05) is 5.08 Å². The Morgan fingerprint density at radius 1 is 0.846 bits per heavy atom. The van der Waals surface area contributed by atoms with Crippen LogP contribution in [0.15, 0.2) is 46.2 Å². The lowest BCUT2D eigenvalue weighted by molar-refractivity contribution is 1.43. The van der Waals surface area contributed by atoms with Crippen LogP contribution < -0.4 is 0 Å². The predicted molar refractivity (Wildman–Crippen MR) is 60.5 cm³/mol. The van der Waals surface area contributed by atoms with Crippen molar-refractivity contribution in [1.29, 1.82) is 0 Å². The van der Waals surface area contributed by atoms with E-state index >= 15 is 0 Å². The highest BCUT2D eigenvalue weighted by atomic mass is 32.2. The van der Waals surface area contributed by atoms with Gasteiger partial charge in [-0.25, -0.2) is 0 Å². The van der Waals surface area contributed by atoms with Gasteiger partial charge in [0.05, 0.1) is 0 Å². The Balaban J connectivity index is 2.49. The molecule has 0 saturated heterocycles. The van der Waals surface area contributed by atoms with Crippen molar-refractivity contribution in [3.8, 4) is 0 Å². The smallest absolute Gasteiger partial charge is 0.0487 e. The summed E-state index contributed by atoms with van der Waals surface area (Å²) in [5.74, 6) is 0. The first-order valence-electron chi connectivity index (χ1n) is 4.22. The van der Waals surface area contributed by atoms with E-state index in [1.54, 1.807) is 0 Å². The van der Waals surface area contributed by atoms with Crippen molar-refractivity contribution in [2.24, 2.45) is 0 Å². The van der Waals surface area contributed by atoms with E-state index in [9.17, 15) is 0 Å². The van der Waals surface area contributed by atoms with Gasteiger partial charge in [0.15, 0.2) is 0 Å². The second-order valence-electron chi connectivity index (χ2n) is 3.02. The first-order valence-corrected chi connectivity index (χ1v) is 6.19. The van der Waals surface area contributed by atoms with E-state index in [4.69, 9.17) is 0 Å². The quantitative estimate of drug-likeness (QED) is 0.636. The Hall–Kier alpha value is -0.600. The van der Waals surface area contributed by atoms with Gasteiger partial charge < -0.3 is 0 Å². The molecule has 0 N–H and O–H groups in total. The minimum atomic E-state index is 1.15. The van der Waals surface area contributed by atoms with E-state index in [1.165, 1.54) is 20.6 Å². The molecule has 2 aromatic rings. The molecule has 0 bridgehead atoms. The second-order valence-corrected chi connectivity index (χ2v) is 5.42. The van der Waals surface area contributed by atoms with E-state index in [0.29, 0.717) is 0 Å². The summed E-state index contributed by atoms with van der Waals surface area (Å²) in [5.41, 5.74) is 0. The Labute approximate surface area is 85.7 Å². The maximum atomic E-state index is 2.22. The fourth-order valence-corrected chi connectivity index (χ4v) is 4.08. The van der Waals surface area contributed by atoms with Gasteiger partial charge in [-0.05, 0) is 17.5 Å². The molecule has 2 heteroatoms. The first kappa shape index (κ1) is 7.77. The molecule has 1 heterocycles. The molecular weight excluding hydrogens is 196 g/mol. The molecule has 0 aliphatic carbocycles. The van der Waals surface area contributed by atoms with Crippen LogP contribution in [-0.2, 0) is 0 Å². The number of hydrogen-bond donors (Lipinski definition) is 0. The molecule has 0 aromatic heterocycles. The molecule has 0 radical (unpaired) electrons. The van der Waals surface area contributed by atoms with Crippen LogP contribution in [0.4, 0.5) is 0 Å². The molecule has 0 fully saturated rings. The molecule has 2 aromatic carbocycles. The Bertz CT molecular complexity index is 424. The van der Waals surface area contributed by atoms with Gasteiger partial charge in [0, 0.05) is 20.3 Å². The van der Waals surface area contributed by atoms with Gasteiger partial charge in [-0.15, -0.1) is 23.5 Å². The summed E-state index contributed by atoms with van der Waals surface area (Å²) in [6, 6.07) is 13.1. The van der Waals surface area contributed by atoms with Gasteiger partial charge in [-0.2, -0.15) is 0 Å². The summed E-state index contributed by atoms with van der Waals surface area (Å²) < 4.78 is 0. The molecular formula is C11H8S2. The molecule has 13 heavy (non-hydrogen) atoms. The maximum Gasteiger partial charge on any atom is 0.0487 e. The van der Waals surface area contributed by atoms with Crippen molar-refractivity contribution in [2.45, 2.75) is 9.79 Å². The average molecular weight is 204 g/mol. The summed E-state index contributed by atoms with van der Waals surface area (Å²) in [5, 5.41) is 3.97. The zero-order chi connectivity index (χ0) is 8.67. The van der Waals surface area contributed by atoms with E-state index in [2.05, 4.69) is 36.4 Å². The zero-order valence-corrected chi connectivity index (χ0v) is 8.62. The predicted octanol–water partition coefficient (Wildman–Crippen LogP) is 4.00. The molecule has 0 atom stereocenters. The Morgan fingerprint density at radius 3 is 2.08 bits per heavy atom.